The number of esters is 1. The van der Waals surface area contributed by atoms with Gasteiger partial charge in [0.1, 0.15) is 6.10 Å². The van der Waals surface area contributed by atoms with Gasteiger partial charge in [-0.05, 0) is 51.9 Å². The predicted octanol–water partition coefficient (Wildman–Crippen LogP) is 3.26. The molecule has 3 fully saturated rings. The van der Waals surface area contributed by atoms with Gasteiger partial charge in [0.2, 0.25) is 0 Å². The minimum absolute atomic E-state index is 0.0187. The van der Waals surface area contributed by atoms with Crippen molar-refractivity contribution in [3.8, 4) is 0 Å². The Bertz CT molecular complexity index is 510. The van der Waals surface area contributed by atoms with Crippen LogP contribution in [0.5, 0.6) is 0 Å². The Balaban J connectivity index is 1.76. The summed E-state index contributed by atoms with van der Waals surface area (Å²) < 4.78 is 23.6. The van der Waals surface area contributed by atoms with Gasteiger partial charge in [0.25, 0.3) is 0 Å². The molecule has 5 nitrogen and oxygen atoms in total. The maximum absolute atomic E-state index is 12.1. The molecule has 0 bridgehead atoms. The van der Waals surface area contributed by atoms with E-state index in [0.29, 0.717) is 5.57 Å². The molecule has 0 aromatic carbocycles. The average molecular weight is 352 g/mol. The van der Waals surface area contributed by atoms with Crippen LogP contribution in [0, 0.1) is 11.8 Å². The molecule has 3 aliphatic heterocycles. The fraction of sp³-hybridized carbons (Fsp3) is 0.850. The maximum atomic E-state index is 12.1. The zero-order chi connectivity index (χ0) is 18.2. The highest BCUT2D eigenvalue weighted by molar-refractivity contribution is 5.91. The summed E-state index contributed by atoms with van der Waals surface area (Å²) in [5.41, 5.74) is 0.330. The monoisotopic (exact) mass is 352 g/mol. The highest BCUT2D eigenvalue weighted by atomic mass is 16.6. The van der Waals surface area contributed by atoms with E-state index >= 15 is 0 Å². The van der Waals surface area contributed by atoms with Crippen LogP contribution >= 0.6 is 0 Å². The van der Waals surface area contributed by atoms with Crippen molar-refractivity contribution < 1.29 is 23.7 Å². The first-order chi connectivity index (χ1) is 11.9. The van der Waals surface area contributed by atoms with E-state index < -0.39 is 0 Å². The summed E-state index contributed by atoms with van der Waals surface area (Å²) in [6.45, 7) is 11.2. The van der Waals surface area contributed by atoms with Crippen LogP contribution in [0.3, 0.4) is 0 Å². The molecule has 3 aliphatic rings. The summed E-state index contributed by atoms with van der Waals surface area (Å²) in [4.78, 5) is 12.1. The van der Waals surface area contributed by atoms with E-state index in [0.717, 1.165) is 38.7 Å². The predicted molar refractivity (Wildman–Crippen MR) is 94.2 cm³/mol. The number of hydrogen-bond donors (Lipinski definition) is 0. The van der Waals surface area contributed by atoms with E-state index in [2.05, 4.69) is 27.4 Å². The number of carbonyl (C=O) groups is 1. The lowest BCUT2D eigenvalue weighted by Gasteiger charge is -2.45. The lowest BCUT2D eigenvalue weighted by molar-refractivity contribution is -0.209. The Labute approximate surface area is 151 Å². The van der Waals surface area contributed by atoms with Crippen molar-refractivity contribution in [3.05, 3.63) is 12.2 Å². The van der Waals surface area contributed by atoms with Gasteiger partial charge in [-0.2, -0.15) is 0 Å². The van der Waals surface area contributed by atoms with E-state index in [1.165, 1.54) is 0 Å². The number of ether oxygens (including phenoxy) is 4. The standard InChI is InChI=1S/C20H32O5/c1-12(7-8-13(2)22-5)17-18-15(14(3)19(21)25-18)11-16(24-17)20(4)9-6-10-23-20/h12-13,15-18H,3,6-11H2,1-2,4-5H3/t12?,13-,15+,16?,17?,18-,20-/m1/s1. The molecular formula is C20H32O5. The molecule has 0 N–H and O–H groups in total. The number of hydrogen-bond acceptors (Lipinski definition) is 5. The first kappa shape index (κ1) is 18.9. The van der Waals surface area contributed by atoms with Crippen LogP contribution in [-0.2, 0) is 23.7 Å². The summed E-state index contributed by atoms with van der Waals surface area (Å²) in [5, 5.41) is 0. The molecule has 7 atom stereocenters. The van der Waals surface area contributed by atoms with Gasteiger partial charge in [0, 0.05) is 25.2 Å². The average Bonchev–Trinajstić information content (AvgIpc) is 3.17. The van der Waals surface area contributed by atoms with Gasteiger partial charge < -0.3 is 18.9 Å². The van der Waals surface area contributed by atoms with Crippen molar-refractivity contribution in [2.75, 3.05) is 13.7 Å². The van der Waals surface area contributed by atoms with E-state index in [9.17, 15) is 4.79 Å². The van der Waals surface area contributed by atoms with Crippen LogP contribution in [0.25, 0.3) is 0 Å². The Kier molecular flexibility index (Phi) is 5.57. The fourth-order valence-electron chi connectivity index (χ4n) is 4.44. The molecule has 3 rings (SSSR count). The van der Waals surface area contributed by atoms with Crippen molar-refractivity contribution in [2.24, 2.45) is 11.8 Å². The quantitative estimate of drug-likeness (QED) is 0.542. The highest BCUT2D eigenvalue weighted by Gasteiger charge is 2.54. The Morgan fingerprint density at radius 1 is 1.36 bits per heavy atom. The molecule has 0 spiro atoms. The van der Waals surface area contributed by atoms with Crippen LogP contribution in [0.1, 0.15) is 52.9 Å². The van der Waals surface area contributed by atoms with Crippen molar-refractivity contribution in [2.45, 2.75) is 82.9 Å². The van der Waals surface area contributed by atoms with Crippen molar-refractivity contribution in [1.29, 1.82) is 0 Å². The molecule has 0 aromatic rings. The second-order valence-corrected chi connectivity index (χ2v) is 8.19. The highest BCUT2D eigenvalue weighted by Crippen LogP contribution is 2.46. The topological polar surface area (TPSA) is 54.0 Å². The second-order valence-electron chi connectivity index (χ2n) is 8.19. The minimum atomic E-state index is -0.269. The van der Waals surface area contributed by atoms with E-state index in [-0.39, 0.29) is 47.8 Å². The first-order valence-corrected chi connectivity index (χ1v) is 9.57. The zero-order valence-electron chi connectivity index (χ0n) is 16.0. The summed E-state index contributed by atoms with van der Waals surface area (Å²) in [7, 11) is 1.74. The number of fused-ring (bicyclic) bond motifs is 1. The molecule has 5 heteroatoms. The van der Waals surface area contributed by atoms with Crippen LogP contribution < -0.4 is 0 Å². The minimum Gasteiger partial charge on any atom is -0.456 e. The molecule has 142 valence electrons. The van der Waals surface area contributed by atoms with Gasteiger partial charge in [0.05, 0.1) is 23.9 Å². The molecule has 0 aliphatic carbocycles. The van der Waals surface area contributed by atoms with Gasteiger partial charge in [-0.1, -0.05) is 13.5 Å². The molecule has 3 unspecified atom stereocenters. The first-order valence-electron chi connectivity index (χ1n) is 9.57. The smallest absolute Gasteiger partial charge is 0.334 e. The summed E-state index contributed by atoms with van der Waals surface area (Å²) in [5.74, 6) is 0.0513. The molecule has 0 saturated carbocycles. The van der Waals surface area contributed by atoms with Crippen LogP contribution in [0.4, 0.5) is 0 Å². The van der Waals surface area contributed by atoms with Gasteiger partial charge in [0.15, 0.2) is 0 Å². The third kappa shape index (κ3) is 3.64. The van der Waals surface area contributed by atoms with E-state index in [1.807, 2.05) is 0 Å². The summed E-state index contributed by atoms with van der Waals surface area (Å²) >= 11 is 0. The third-order valence-electron chi connectivity index (χ3n) is 6.38. The van der Waals surface area contributed by atoms with E-state index in [4.69, 9.17) is 18.9 Å². The normalized spacial score (nSPS) is 40.6. The summed E-state index contributed by atoms with van der Waals surface area (Å²) in [6.07, 6.45) is 4.61. The molecule has 0 aromatic heterocycles. The maximum Gasteiger partial charge on any atom is 0.334 e. The molecule has 0 amide bonds. The van der Waals surface area contributed by atoms with Gasteiger partial charge in [-0.25, -0.2) is 4.79 Å². The van der Waals surface area contributed by atoms with Gasteiger partial charge >= 0.3 is 5.97 Å². The number of methoxy groups -OCH3 is 1. The molecule has 25 heavy (non-hydrogen) atoms. The second kappa shape index (κ2) is 7.37. The molecule has 3 heterocycles. The van der Waals surface area contributed by atoms with Gasteiger partial charge in [-0.3, -0.25) is 0 Å². The Morgan fingerprint density at radius 2 is 2.12 bits per heavy atom. The van der Waals surface area contributed by atoms with Crippen molar-refractivity contribution in [1.82, 2.24) is 0 Å². The van der Waals surface area contributed by atoms with Crippen molar-refractivity contribution >= 4 is 5.97 Å². The lowest BCUT2D eigenvalue weighted by Crippen LogP contribution is -2.54. The molecule has 0 radical (unpaired) electrons. The van der Waals surface area contributed by atoms with Crippen LogP contribution in [-0.4, -0.2) is 49.7 Å². The van der Waals surface area contributed by atoms with Crippen LogP contribution in [0.15, 0.2) is 12.2 Å². The van der Waals surface area contributed by atoms with Gasteiger partial charge in [-0.15, -0.1) is 0 Å². The zero-order valence-corrected chi connectivity index (χ0v) is 16.0. The SMILES string of the molecule is C=C1C(=O)O[C@H]2C(C(C)CC[C@@H](C)OC)OC([C@@]3(C)CCCO3)C[C@@H]12. The number of rotatable bonds is 6. The van der Waals surface area contributed by atoms with Crippen molar-refractivity contribution in [3.63, 3.8) is 0 Å². The third-order valence-corrected chi connectivity index (χ3v) is 6.38. The lowest BCUT2D eigenvalue weighted by atomic mass is 9.77. The Morgan fingerprint density at radius 3 is 2.76 bits per heavy atom. The van der Waals surface area contributed by atoms with Crippen LogP contribution in [0.2, 0.25) is 0 Å². The van der Waals surface area contributed by atoms with E-state index in [1.54, 1.807) is 7.11 Å². The largest absolute Gasteiger partial charge is 0.456 e. The number of carbonyl (C=O) groups excluding carboxylic acids is 1. The fourth-order valence-corrected chi connectivity index (χ4v) is 4.44. The molecule has 3 saturated heterocycles. The molecular weight excluding hydrogens is 320 g/mol. The summed E-state index contributed by atoms with van der Waals surface area (Å²) in [6, 6.07) is 0. The Hall–Kier alpha value is -0.910.